The molecule has 8 nitrogen and oxygen atoms in total. The van der Waals surface area contributed by atoms with Crippen LogP contribution in [-0.4, -0.2) is 71.9 Å². The number of piperazine rings is 1. The van der Waals surface area contributed by atoms with E-state index in [1.807, 2.05) is 32.9 Å². The van der Waals surface area contributed by atoms with Gasteiger partial charge in [0.15, 0.2) is 17.5 Å². The molecule has 1 saturated heterocycles. The number of aromatic hydroxyl groups is 1. The molecule has 1 aromatic rings. The topological polar surface area (TPSA) is 86.6 Å². The maximum Gasteiger partial charge on any atom is 0.410 e. The lowest BCUT2D eigenvalue weighted by molar-refractivity contribution is 0.0137. The number of benzene rings is 1. The number of ether oxygens (including phenoxy) is 2. The highest BCUT2D eigenvalue weighted by Crippen LogP contribution is 2.29. The number of nitrogens with one attached hydrogen (secondary N) is 1. The predicted octanol–water partition coefficient (Wildman–Crippen LogP) is 2.40. The average molecular weight is 504 g/mol. The average Bonchev–Trinajstić information content (AvgIpc) is 3.01. The molecule has 1 amide bonds. The fraction of sp³-hybridized carbons (Fsp3) is 0.579. The Labute approximate surface area is 182 Å². The number of carbonyl (C=O) groups excluding carboxylic acids is 1. The molecule has 2 heterocycles. The number of para-hydroxylation sites is 1. The van der Waals surface area contributed by atoms with Gasteiger partial charge in [0.1, 0.15) is 5.60 Å². The minimum Gasteiger partial charge on any atom is -0.504 e. The Morgan fingerprint density at radius 2 is 2.11 bits per heavy atom. The number of rotatable bonds is 3. The fourth-order valence-electron chi connectivity index (χ4n) is 3.27. The van der Waals surface area contributed by atoms with Crippen LogP contribution in [0.3, 0.4) is 0 Å². The van der Waals surface area contributed by atoms with Gasteiger partial charge in [0.2, 0.25) is 0 Å². The first-order valence-corrected chi connectivity index (χ1v) is 9.16. The number of nitrogens with zero attached hydrogens (tertiary/aromatic N) is 3. The van der Waals surface area contributed by atoms with Gasteiger partial charge in [-0.15, -0.1) is 24.0 Å². The molecule has 0 bridgehead atoms. The fourth-order valence-corrected chi connectivity index (χ4v) is 3.27. The molecule has 0 spiro atoms. The summed E-state index contributed by atoms with van der Waals surface area (Å²) in [5, 5.41) is 13.5. The molecule has 0 saturated carbocycles. The van der Waals surface area contributed by atoms with Crippen molar-refractivity contribution in [1.82, 2.24) is 15.1 Å². The summed E-state index contributed by atoms with van der Waals surface area (Å²) in [6, 6.07) is 5.55. The second-order valence-electron chi connectivity index (χ2n) is 7.76. The van der Waals surface area contributed by atoms with Crippen molar-refractivity contribution in [1.29, 1.82) is 0 Å². The SMILES string of the molecule is COc1cccc(CNC2=NCC3CN(C(=O)OC(C)(C)C)CCN23)c1O.I. The zero-order chi connectivity index (χ0) is 19.6. The number of halogens is 1. The highest BCUT2D eigenvalue weighted by Gasteiger charge is 2.36. The first-order valence-electron chi connectivity index (χ1n) is 9.16. The first kappa shape index (κ1) is 22.4. The molecule has 2 N–H and O–H groups in total. The minimum atomic E-state index is -0.494. The van der Waals surface area contributed by atoms with Gasteiger partial charge in [0.25, 0.3) is 0 Å². The largest absolute Gasteiger partial charge is 0.504 e. The molecule has 0 aromatic heterocycles. The van der Waals surface area contributed by atoms with Crippen LogP contribution < -0.4 is 10.1 Å². The van der Waals surface area contributed by atoms with Crippen molar-refractivity contribution in [2.24, 2.45) is 4.99 Å². The van der Waals surface area contributed by atoms with Crippen molar-refractivity contribution in [2.75, 3.05) is 33.3 Å². The molecule has 9 heteroatoms. The van der Waals surface area contributed by atoms with Gasteiger partial charge in [-0.1, -0.05) is 12.1 Å². The van der Waals surface area contributed by atoms with Crippen molar-refractivity contribution >= 4 is 36.0 Å². The zero-order valence-electron chi connectivity index (χ0n) is 16.8. The van der Waals surface area contributed by atoms with Crippen LogP contribution in [0.1, 0.15) is 26.3 Å². The van der Waals surface area contributed by atoms with Crippen LogP contribution in [0.5, 0.6) is 11.5 Å². The lowest BCUT2D eigenvalue weighted by Gasteiger charge is -2.39. The Kier molecular flexibility index (Phi) is 7.24. The van der Waals surface area contributed by atoms with Gasteiger partial charge in [-0.25, -0.2) is 4.79 Å². The van der Waals surface area contributed by atoms with E-state index in [1.54, 1.807) is 11.0 Å². The van der Waals surface area contributed by atoms with Crippen molar-refractivity contribution in [2.45, 2.75) is 39.0 Å². The summed E-state index contributed by atoms with van der Waals surface area (Å²) in [5.41, 5.74) is 0.249. The van der Waals surface area contributed by atoms with Crippen LogP contribution >= 0.6 is 24.0 Å². The summed E-state index contributed by atoms with van der Waals surface area (Å²) in [5.74, 6) is 1.38. The van der Waals surface area contributed by atoms with E-state index in [9.17, 15) is 9.90 Å². The number of hydrogen-bond acceptors (Lipinski definition) is 7. The van der Waals surface area contributed by atoms with Gasteiger partial charge in [0, 0.05) is 31.7 Å². The van der Waals surface area contributed by atoms with Gasteiger partial charge in [-0.05, 0) is 26.8 Å². The summed E-state index contributed by atoms with van der Waals surface area (Å²) >= 11 is 0. The molecule has 28 heavy (non-hydrogen) atoms. The summed E-state index contributed by atoms with van der Waals surface area (Å²) < 4.78 is 10.6. The summed E-state index contributed by atoms with van der Waals surface area (Å²) in [6.07, 6.45) is -0.273. The van der Waals surface area contributed by atoms with Gasteiger partial charge >= 0.3 is 6.09 Å². The predicted molar refractivity (Wildman–Crippen MR) is 118 cm³/mol. The monoisotopic (exact) mass is 504 g/mol. The van der Waals surface area contributed by atoms with Crippen LogP contribution in [0.4, 0.5) is 4.79 Å². The summed E-state index contributed by atoms with van der Waals surface area (Å²) in [7, 11) is 1.53. The van der Waals surface area contributed by atoms with Crippen LogP contribution in [0.2, 0.25) is 0 Å². The number of fused-ring (bicyclic) bond motifs is 1. The third-order valence-electron chi connectivity index (χ3n) is 4.60. The number of methoxy groups -OCH3 is 1. The third kappa shape index (κ3) is 5.12. The Bertz CT molecular complexity index is 735. The van der Waals surface area contributed by atoms with Crippen molar-refractivity contribution < 1.29 is 19.4 Å². The number of phenolic OH excluding ortho intramolecular Hbond substituents is 1. The molecule has 3 rings (SSSR count). The van der Waals surface area contributed by atoms with Crippen LogP contribution in [0, 0.1) is 0 Å². The lowest BCUT2D eigenvalue weighted by atomic mass is 10.2. The van der Waals surface area contributed by atoms with Crippen LogP contribution in [0.25, 0.3) is 0 Å². The Morgan fingerprint density at radius 1 is 1.36 bits per heavy atom. The third-order valence-corrected chi connectivity index (χ3v) is 4.60. The smallest absolute Gasteiger partial charge is 0.410 e. The first-order chi connectivity index (χ1) is 12.8. The molecule has 2 aliphatic heterocycles. The van der Waals surface area contributed by atoms with Gasteiger partial charge < -0.3 is 29.7 Å². The Balaban J connectivity index is 0.00000280. The van der Waals surface area contributed by atoms with Gasteiger partial charge in [0.05, 0.1) is 19.7 Å². The lowest BCUT2D eigenvalue weighted by Crippen LogP contribution is -2.57. The maximum atomic E-state index is 12.3. The van der Waals surface area contributed by atoms with Gasteiger partial charge in [-0.2, -0.15) is 0 Å². The van der Waals surface area contributed by atoms with E-state index in [1.165, 1.54) is 7.11 Å². The molecule has 1 aromatic carbocycles. The number of aliphatic imine (C=N–C) groups is 1. The van der Waals surface area contributed by atoms with Crippen LogP contribution in [0.15, 0.2) is 23.2 Å². The molecule has 156 valence electrons. The summed E-state index contributed by atoms with van der Waals surface area (Å²) in [6.45, 7) is 8.57. The molecule has 0 radical (unpaired) electrons. The second-order valence-corrected chi connectivity index (χ2v) is 7.76. The van der Waals surface area contributed by atoms with E-state index in [-0.39, 0.29) is 41.9 Å². The van der Waals surface area contributed by atoms with Crippen molar-refractivity contribution in [3.8, 4) is 11.5 Å². The quantitative estimate of drug-likeness (QED) is 0.616. The summed E-state index contributed by atoms with van der Waals surface area (Å²) in [4.78, 5) is 20.8. The minimum absolute atomic E-state index is 0. The van der Waals surface area contributed by atoms with E-state index >= 15 is 0 Å². The number of amides is 1. The standard InChI is InChI=1S/C19H28N4O4.HI/c1-19(2,3)27-18(25)22-8-9-23-14(12-22)11-21-17(23)20-10-13-6-5-7-15(26-4)16(13)24;/h5-7,14,24H,8-12H2,1-4H3,(H,20,21);1H. The van der Waals surface area contributed by atoms with E-state index in [2.05, 4.69) is 15.2 Å². The zero-order valence-corrected chi connectivity index (χ0v) is 19.1. The molecular weight excluding hydrogens is 475 g/mol. The molecule has 0 aliphatic carbocycles. The van der Waals surface area contributed by atoms with E-state index in [4.69, 9.17) is 9.47 Å². The molecule has 2 aliphatic rings. The van der Waals surface area contributed by atoms with Gasteiger partial charge in [-0.3, -0.25) is 4.99 Å². The molecule has 1 fully saturated rings. The van der Waals surface area contributed by atoms with Crippen molar-refractivity contribution in [3.63, 3.8) is 0 Å². The Morgan fingerprint density at radius 3 is 2.79 bits per heavy atom. The highest BCUT2D eigenvalue weighted by molar-refractivity contribution is 14.0. The molecular formula is C19H29IN4O4. The number of guanidine groups is 1. The number of carbonyl (C=O) groups is 1. The van der Waals surface area contributed by atoms with E-state index in [0.717, 1.165) is 11.5 Å². The van der Waals surface area contributed by atoms with E-state index in [0.29, 0.717) is 38.5 Å². The second kappa shape index (κ2) is 9.06. The van der Waals surface area contributed by atoms with Crippen molar-refractivity contribution in [3.05, 3.63) is 23.8 Å². The maximum absolute atomic E-state index is 12.3. The highest BCUT2D eigenvalue weighted by atomic mass is 127. The Hall–Kier alpha value is -1.91. The van der Waals surface area contributed by atoms with Crippen LogP contribution in [-0.2, 0) is 11.3 Å². The van der Waals surface area contributed by atoms with E-state index < -0.39 is 5.60 Å². The molecule has 1 atom stereocenters. The number of hydrogen-bond donors (Lipinski definition) is 2. The normalized spacial score (nSPS) is 18.7. The number of phenols is 1. The molecule has 1 unspecified atom stereocenters.